The van der Waals surface area contributed by atoms with E-state index in [0.29, 0.717) is 51.3 Å². The molecule has 87 heavy (non-hydrogen) atoms. The lowest BCUT2D eigenvalue weighted by atomic mass is 9.94. The number of piperidine rings is 1. The molecule has 6 amide bonds. The second-order valence-corrected chi connectivity index (χ2v) is 27.3. The van der Waals surface area contributed by atoms with Crippen LogP contribution >= 0.6 is 0 Å². The third-order valence-electron chi connectivity index (χ3n) is 15.3. The van der Waals surface area contributed by atoms with E-state index in [2.05, 4.69) is 68.9 Å². The largest absolute Gasteiger partial charge is 0.494 e. The number of esters is 1. The molecular weight excluding hydrogens is 1100 g/mol. The van der Waals surface area contributed by atoms with Crippen molar-refractivity contribution in [2.24, 2.45) is 29.6 Å². The molecule has 0 radical (unpaired) electrons. The number of likely N-dealkylation sites (tertiary alicyclic amines) is 1. The summed E-state index contributed by atoms with van der Waals surface area (Å²) in [4.78, 5) is 99.1. The minimum absolute atomic E-state index is 0.00331. The fraction of sp³-hybridized carbons (Fsp3) is 0.632. The molecular formula is C68H108N8O11+2. The van der Waals surface area contributed by atoms with Crippen LogP contribution < -0.4 is 36.1 Å². The number of aryl methyl sites for hydroxylation is 1. The van der Waals surface area contributed by atoms with Crippen molar-refractivity contribution in [3.63, 3.8) is 0 Å². The molecule has 1 aliphatic rings. The highest BCUT2D eigenvalue weighted by molar-refractivity contribution is 5.96. The lowest BCUT2D eigenvalue weighted by molar-refractivity contribution is -0.870. The van der Waals surface area contributed by atoms with Crippen LogP contribution in [-0.4, -0.2) is 167 Å². The van der Waals surface area contributed by atoms with Crippen LogP contribution in [0.5, 0.6) is 11.5 Å². The summed E-state index contributed by atoms with van der Waals surface area (Å²) in [7, 11) is 13.1. The van der Waals surface area contributed by atoms with Gasteiger partial charge in [0, 0.05) is 19.0 Å². The Balaban J connectivity index is 1.32. The molecule has 4 rings (SSSR count). The minimum atomic E-state index is -1.12. The SMILES string of the molecule is Cc1ccc(C(OC(=O)C(C)NC(=O)C(CC(C)C)NC(=O)C(NC(=O)C(NC(=O)C(CC(C)C)NC(=O)C2CCN(C(=O)OCc3ccc(OCCCC[N+](C)(C)C)cc3)CC2)C(C)C)C(C)C)c2ccc(OCCCCC[N+](C)(C)C)cc2)cc1. The van der Waals surface area contributed by atoms with Crippen molar-refractivity contribution in [2.45, 2.75) is 170 Å². The van der Waals surface area contributed by atoms with E-state index in [1.807, 2.05) is 107 Å². The second-order valence-electron chi connectivity index (χ2n) is 27.3. The molecule has 6 atom stereocenters. The van der Waals surface area contributed by atoms with Gasteiger partial charge in [0.2, 0.25) is 29.5 Å². The van der Waals surface area contributed by atoms with Crippen LogP contribution in [0.3, 0.4) is 0 Å². The van der Waals surface area contributed by atoms with Crippen molar-refractivity contribution in [2.75, 3.05) is 81.7 Å². The Hall–Kier alpha value is -6.73. The number of nitrogens with zero attached hydrogens (tertiary/aromatic N) is 3. The molecule has 1 fully saturated rings. The standard InChI is InChI=1S/C68H106N8O11/c1-45(2)42-57(63(78)69-50(10)67(82)87-61(52-26-22-49(9)23-27-52)53-28-32-56(33-29-53)84-40-20-17-18-38-75(11,12)13)71-65(80)59(47(5)6)73-66(81)60(48(7)8)72-64(79)58(43-46(3)4)70-62(77)54-34-36-74(37-35-54)68(83)86-44-51-24-30-55(31-25-51)85-41-21-19-39-76(14,15)16/h22-33,45-48,50,54,57-61H,17-21,34-44H2,1-16H3,(H3-2,69,70,71,72,73,77,78,79,80,81)/p+2. The third kappa shape index (κ3) is 26.6. The van der Waals surface area contributed by atoms with Gasteiger partial charge in [-0.3, -0.25) is 24.0 Å². The number of rotatable bonds is 35. The van der Waals surface area contributed by atoms with E-state index in [1.165, 1.54) is 6.92 Å². The van der Waals surface area contributed by atoms with Crippen LogP contribution in [0, 0.1) is 36.5 Å². The zero-order valence-corrected chi connectivity index (χ0v) is 55.4. The molecule has 0 bridgehead atoms. The Labute approximate surface area is 520 Å². The highest BCUT2D eigenvalue weighted by Crippen LogP contribution is 2.29. The lowest BCUT2D eigenvalue weighted by Gasteiger charge is -2.32. The summed E-state index contributed by atoms with van der Waals surface area (Å²) in [6.45, 7) is 22.3. The molecule has 3 aromatic carbocycles. The molecule has 5 N–H and O–H groups in total. The fourth-order valence-corrected chi connectivity index (χ4v) is 10.1. The van der Waals surface area contributed by atoms with E-state index in [9.17, 15) is 33.6 Å². The second kappa shape index (κ2) is 35.3. The maximum absolute atomic E-state index is 14.2. The topological polar surface area (TPSA) is 220 Å². The van der Waals surface area contributed by atoms with Gasteiger partial charge in [0.15, 0.2) is 6.10 Å². The van der Waals surface area contributed by atoms with E-state index >= 15 is 0 Å². The van der Waals surface area contributed by atoms with Gasteiger partial charge in [-0.05, 0) is 136 Å². The zero-order valence-electron chi connectivity index (χ0n) is 55.4. The number of hydrogen-bond donors (Lipinski definition) is 5. The van der Waals surface area contributed by atoms with Gasteiger partial charge in [0.1, 0.15) is 48.3 Å². The third-order valence-corrected chi connectivity index (χ3v) is 15.3. The first-order valence-electron chi connectivity index (χ1n) is 31.7. The Morgan fingerprint density at radius 2 is 0.966 bits per heavy atom. The van der Waals surface area contributed by atoms with E-state index in [-0.39, 0.29) is 30.8 Å². The van der Waals surface area contributed by atoms with Gasteiger partial charge in [-0.2, -0.15) is 0 Å². The number of ether oxygens (including phenoxy) is 4. The van der Waals surface area contributed by atoms with Gasteiger partial charge in [-0.15, -0.1) is 0 Å². The summed E-state index contributed by atoms with van der Waals surface area (Å²) >= 11 is 0. The van der Waals surface area contributed by atoms with Crippen LogP contribution in [0.25, 0.3) is 0 Å². The molecule has 0 saturated carbocycles. The molecule has 484 valence electrons. The number of nitrogens with one attached hydrogen (secondary N) is 5. The van der Waals surface area contributed by atoms with Crippen molar-refractivity contribution in [3.05, 3.63) is 95.1 Å². The Morgan fingerprint density at radius 3 is 1.46 bits per heavy atom. The Kier molecular flexibility index (Phi) is 29.5. The molecule has 3 aromatic rings. The number of benzene rings is 3. The summed E-state index contributed by atoms with van der Waals surface area (Å²) in [6, 6.07) is 17.3. The van der Waals surface area contributed by atoms with Gasteiger partial charge in [-0.1, -0.05) is 109 Å². The maximum atomic E-state index is 14.2. The van der Waals surface area contributed by atoms with Crippen LogP contribution in [0.2, 0.25) is 0 Å². The predicted molar refractivity (Wildman–Crippen MR) is 340 cm³/mol. The number of quaternary nitrogens is 2. The normalized spacial score (nSPS) is 15.2. The molecule has 0 spiro atoms. The molecule has 1 aliphatic heterocycles. The van der Waals surface area contributed by atoms with Crippen molar-refractivity contribution < 1.29 is 61.5 Å². The van der Waals surface area contributed by atoms with Crippen LogP contribution in [-0.2, 0) is 44.8 Å². The molecule has 6 unspecified atom stereocenters. The van der Waals surface area contributed by atoms with Crippen molar-refractivity contribution in [3.8, 4) is 11.5 Å². The minimum Gasteiger partial charge on any atom is -0.494 e. The van der Waals surface area contributed by atoms with Crippen LogP contribution in [0.15, 0.2) is 72.8 Å². The van der Waals surface area contributed by atoms with Gasteiger partial charge in [0.25, 0.3) is 0 Å². The van der Waals surface area contributed by atoms with Crippen LogP contribution in [0.1, 0.15) is 148 Å². The molecule has 0 aromatic heterocycles. The number of carbonyl (C=O) groups excluding carboxylic acids is 7. The summed E-state index contributed by atoms with van der Waals surface area (Å²) in [5.41, 5.74) is 3.33. The quantitative estimate of drug-likeness (QED) is 0.0213. The molecule has 19 nitrogen and oxygen atoms in total. The summed E-state index contributed by atoms with van der Waals surface area (Å²) in [5, 5.41) is 14.3. The zero-order chi connectivity index (χ0) is 64.6. The molecule has 1 saturated heterocycles. The van der Waals surface area contributed by atoms with Crippen molar-refractivity contribution in [1.29, 1.82) is 0 Å². The number of amides is 6. The number of hydrogen-bond acceptors (Lipinski definition) is 11. The average molecular weight is 1210 g/mol. The van der Waals surface area contributed by atoms with E-state index in [0.717, 1.165) is 82.2 Å². The van der Waals surface area contributed by atoms with E-state index in [1.54, 1.807) is 32.6 Å². The number of unbranched alkanes of at least 4 members (excludes halogenated alkanes) is 3. The smallest absolute Gasteiger partial charge is 0.410 e. The fourth-order valence-electron chi connectivity index (χ4n) is 10.1. The first kappa shape index (κ1) is 72.7. The summed E-state index contributed by atoms with van der Waals surface area (Å²) in [5.74, 6) is -3.31. The predicted octanol–water partition coefficient (Wildman–Crippen LogP) is 8.65. The molecule has 0 aliphatic carbocycles. The lowest BCUT2D eigenvalue weighted by Crippen LogP contribution is -2.61. The summed E-state index contributed by atoms with van der Waals surface area (Å²) < 4.78 is 25.6. The Morgan fingerprint density at radius 1 is 0.529 bits per heavy atom. The van der Waals surface area contributed by atoms with Gasteiger partial charge in [0.05, 0.1) is 68.6 Å². The monoisotopic (exact) mass is 1210 g/mol. The highest BCUT2D eigenvalue weighted by Gasteiger charge is 2.37. The Bertz CT molecular complexity index is 2620. The summed E-state index contributed by atoms with van der Waals surface area (Å²) in [6.07, 6.45) is 5.17. The van der Waals surface area contributed by atoms with Crippen molar-refractivity contribution in [1.82, 2.24) is 31.5 Å². The van der Waals surface area contributed by atoms with Crippen molar-refractivity contribution >= 4 is 41.6 Å². The first-order valence-corrected chi connectivity index (χ1v) is 31.7. The van der Waals surface area contributed by atoms with E-state index < -0.39 is 89.8 Å². The first-order chi connectivity index (χ1) is 40.9. The van der Waals surface area contributed by atoms with Gasteiger partial charge < -0.3 is 59.4 Å². The molecule has 19 heteroatoms. The molecule has 1 heterocycles. The van der Waals surface area contributed by atoms with E-state index in [4.69, 9.17) is 18.9 Å². The maximum Gasteiger partial charge on any atom is 0.410 e. The highest BCUT2D eigenvalue weighted by atomic mass is 16.6. The van der Waals surface area contributed by atoms with Gasteiger partial charge in [-0.25, -0.2) is 9.59 Å². The average Bonchev–Trinajstić information content (AvgIpc) is 3.35. The van der Waals surface area contributed by atoms with Gasteiger partial charge >= 0.3 is 12.1 Å². The van der Waals surface area contributed by atoms with Crippen LogP contribution in [0.4, 0.5) is 4.79 Å². The number of carbonyl (C=O) groups is 7.